The second kappa shape index (κ2) is 2.99. The molecule has 1 saturated carbocycles. The standard InChI is InChI=1S/C8H12N2O3/c1-4-2-5(4)7(11)9-6-3-13-10-8(6)12/h4-6H,2-3H2,1H3,(H,9,11)(H,10,12). The number of amides is 2. The smallest absolute Gasteiger partial charge is 0.268 e. The monoisotopic (exact) mass is 184 g/mol. The van der Waals surface area contributed by atoms with E-state index >= 15 is 0 Å². The van der Waals surface area contributed by atoms with E-state index in [1.807, 2.05) is 6.92 Å². The molecule has 2 rings (SSSR count). The molecule has 1 heterocycles. The predicted molar refractivity (Wildman–Crippen MR) is 43.3 cm³/mol. The van der Waals surface area contributed by atoms with E-state index in [4.69, 9.17) is 0 Å². The van der Waals surface area contributed by atoms with Crippen molar-refractivity contribution in [2.75, 3.05) is 6.61 Å². The zero-order valence-electron chi connectivity index (χ0n) is 7.37. The zero-order valence-corrected chi connectivity index (χ0v) is 7.37. The lowest BCUT2D eigenvalue weighted by molar-refractivity contribution is -0.129. The van der Waals surface area contributed by atoms with E-state index in [0.29, 0.717) is 5.92 Å². The SMILES string of the molecule is CC1CC1C(=O)NC1CONC1=O. The van der Waals surface area contributed by atoms with Crippen LogP contribution in [0.5, 0.6) is 0 Å². The maximum atomic E-state index is 11.4. The van der Waals surface area contributed by atoms with Gasteiger partial charge in [-0.25, -0.2) is 5.48 Å². The Balaban J connectivity index is 1.83. The molecule has 1 saturated heterocycles. The molecule has 0 spiro atoms. The number of hydrogen-bond acceptors (Lipinski definition) is 3. The molecule has 0 radical (unpaired) electrons. The van der Waals surface area contributed by atoms with Gasteiger partial charge in [0, 0.05) is 5.92 Å². The Morgan fingerprint density at radius 2 is 2.38 bits per heavy atom. The third-order valence-corrected chi connectivity index (χ3v) is 2.50. The molecule has 0 aromatic heterocycles. The summed E-state index contributed by atoms with van der Waals surface area (Å²) in [5, 5.41) is 2.64. The number of carbonyl (C=O) groups excluding carboxylic acids is 2. The van der Waals surface area contributed by atoms with Gasteiger partial charge in [0.05, 0.1) is 0 Å². The van der Waals surface area contributed by atoms with Crippen LogP contribution in [0.3, 0.4) is 0 Å². The molecule has 0 aromatic carbocycles. The van der Waals surface area contributed by atoms with Gasteiger partial charge in [-0.05, 0) is 12.3 Å². The van der Waals surface area contributed by atoms with Crippen molar-refractivity contribution in [1.29, 1.82) is 0 Å². The van der Waals surface area contributed by atoms with Crippen molar-refractivity contribution in [1.82, 2.24) is 10.8 Å². The third-order valence-electron chi connectivity index (χ3n) is 2.50. The summed E-state index contributed by atoms with van der Waals surface area (Å²) in [4.78, 5) is 27.0. The van der Waals surface area contributed by atoms with Crippen LogP contribution in [-0.2, 0) is 14.4 Å². The molecule has 0 aromatic rings. The summed E-state index contributed by atoms with van der Waals surface area (Å²) < 4.78 is 0. The molecular formula is C8H12N2O3. The molecule has 2 fully saturated rings. The molecule has 5 heteroatoms. The van der Waals surface area contributed by atoms with Gasteiger partial charge in [-0.3, -0.25) is 14.4 Å². The van der Waals surface area contributed by atoms with Gasteiger partial charge < -0.3 is 5.32 Å². The fraction of sp³-hybridized carbons (Fsp3) is 0.750. The molecule has 13 heavy (non-hydrogen) atoms. The largest absolute Gasteiger partial charge is 0.342 e. The second-order valence-electron chi connectivity index (χ2n) is 3.66. The first-order valence-corrected chi connectivity index (χ1v) is 4.40. The van der Waals surface area contributed by atoms with Crippen molar-refractivity contribution in [3.05, 3.63) is 0 Å². The molecule has 0 bridgehead atoms. The van der Waals surface area contributed by atoms with Crippen molar-refractivity contribution in [3.8, 4) is 0 Å². The average Bonchev–Trinajstić information content (AvgIpc) is 2.68. The number of nitrogens with one attached hydrogen (secondary N) is 2. The predicted octanol–water partition coefficient (Wildman–Crippen LogP) is -0.811. The summed E-state index contributed by atoms with van der Waals surface area (Å²) in [7, 11) is 0. The minimum atomic E-state index is -0.500. The summed E-state index contributed by atoms with van der Waals surface area (Å²) in [6.45, 7) is 2.25. The highest BCUT2D eigenvalue weighted by atomic mass is 16.7. The normalized spacial score (nSPS) is 37.0. The summed E-state index contributed by atoms with van der Waals surface area (Å²) in [5.74, 6) is 0.276. The minimum absolute atomic E-state index is 0.0295. The van der Waals surface area contributed by atoms with E-state index < -0.39 is 6.04 Å². The maximum absolute atomic E-state index is 11.4. The fourth-order valence-corrected chi connectivity index (χ4v) is 1.42. The van der Waals surface area contributed by atoms with E-state index in [9.17, 15) is 9.59 Å². The Morgan fingerprint density at radius 1 is 1.69 bits per heavy atom. The maximum Gasteiger partial charge on any atom is 0.268 e. The van der Waals surface area contributed by atoms with Gasteiger partial charge in [0.15, 0.2) is 0 Å². The molecule has 72 valence electrons. The van der Waals surface area contributed by atoms with Crippen LogP contribution >= 0.6 is 0 Å². The average molecular weight is 184 g/mol. The Labute approximate surface area is 75.8 Å². The molecule has 2 amide bonds. The van der Waals surface area contributed by atoms with E-state index in [1.54, 1.807) is 0 Å². The van der Waals surface area contributed by atoms with Crippen LogP contribution in [0.2, 0.25) is 0 Å². The van der Waals surface area contributed by atoms with Crippen molar-refractivity contribution in [3.63, 3.8) is 0 Å². The fourth-order valence-electron chi connectivity index (χ4n) is 1.42. The quantitative estimate of drug-likeness (QED) is 0.589. The highest BCUT2D eigenvalue weighted by Gasteiger charge is 2.41. The van der Waals surface area contributed by atoms with E-state index in [2.05, 4.69) is 15.6 Å². The zero-order chi connectivity index (χ0) is 9.42. The molecule has 5 nitrogen and oxygen atoms in total. The Kier molecular flexibility index (Phi) is 1.95. The summed E-state index contributed by atoms with van der Waals surface area (Å²) in [5.41, 5.74) is 2.19. The van der Waals surface area contributed by atoms with Gasteiger partial charge in [-0.15, -0.1) is 0 Å². The topological polar surface area (TPSA) is 67.4 Å². The summed E-state index contributed by atoms with van der Waals surface area (Å²) in [6, 6.07) is -0.500. The number of carbonyl (C=O) groups is 2. The molecule has 2 aliphatic rings. The lowest BCUT2D eigenvalue weighted by Crippen LogP contribution is -2.42. The van der Waals surface area contributed by atoms with Gasteiger partial charge in [0.25, 0.3) is 5.91 Å². The second-order valence-corrected chi connectivity index (χ2v) is 3.66. The van der Waals surface area contributed by atoms with Crippen molar-refractivity contribution in [2.24, 2.45) is 11.8 Å². The Hall–Kier alpha value is -1.10. The molecular weight excluding hydrogens is 172 g/mol. The number of hydrogen-bond donors (Lipinski definition) is 2. The van der Waals surface area contributed by atoms with Gasteiger partial charge in [0.1, 0.15) is 12.6 Å². The van der Waals surface area contributed by atoms with E-state index in [-0.39, 0.29) is 24.3 Å². The van der Waals surface area contributed by atoms with Crippen molar-refractivity contribution in [2.45, 2.75) is 19.4 Å². The molecule has 3 atom stereocenters. The number of rotatable bonds is 2. The minimum Gasteiger partial charge on any atom is -0.342 e. The lowest BCUT2D eigenvalue weighted by Gasteiger charge is -2.06. The highest BCUT2D eigenvalue weighted by molar-refractivity contribution is 5.89. The molecule has 3 unspecified atom stereocenters. The molecule has 2 N–H and O–H groups in total. The number of hydroxylamine groups is 1. The van der Waals surface area contributed by atoms with E-state index in [1.165, 1.54) is 0 Å². The van der Waals surface area contributed by atoms with Crippen molar-refractivity contribution < 1.29 is 14.4 Å². The first-order chi connectivity index (χ1) is 6.18. The highest BCUT2D eigenvalue weighted by Crippen LogP contribution is 2.37. The molecule has 1 aliphatic heterocycles. The lowest BCUT2D eigenvalue weighted by atomic mass is 10.2. The van der Waals surface area contributed by atoms with Gasteiger partial charge in [-0.1, -0.05) is 6.92 Å². The van der Waals surface area contributed by atoms with Crippen LogP contribution in [0.4, 0.5) is 0 Å². The Bertz CT molecular complexity index is 254. The summed E-state index contributed by atoms with van der Waals surface area (Å²) >= 11 is 0. The van der Waals surface area contributed by atoms with Gasteiger partial charge in [-0.2, -0.15) is 0 Å². The van der Waals surface area contributed by atoms with Crippen LogP contribution in [0.25, 0.3) is 0 Å². The third kappa shape index (κ3) is 1.65. The van der Waals surface area contributed by atoms with Crippen LogP contribution < -0.4 is 10.8 Å². The van der Waals surface area contributed by atoms with Crippen LogP contribution in [0.15, 0.2) is 0 Å². The van der Waals surface area contributed by atoms with Crippen LogP contribution in [-0.4, -0.2) is 24.5 Å². The van der Waals surface area contributed by atoms with Gasteiger partial charge in [0.2, 0.25) is 5.91 Å². The van der Waals surface area contributed by atoms with Crippen molar-refractivity contribution >= 4 is 11.8 Å². The van der Waals surface area contributed by atoms with Crippen LogP contribution in [0.1, 0.15) is 13.3 Å². The molecule has 1 aliphatic carbocycles. The first kappa shape index (κ1) is 8.50. The summed E-state index contributed by atoms with van der Waals surface area (Å²) in [6.07, 6.45) is 0.932. The van der Waals surface area contributed by atoms with Crippen LogP contribution in [0, 0.1) is 11.8 Å². The Morgan fingerprint density at radius 3 is 2.85 bits per heavy atom. The van der Waals surface area contributed by atoms with Gasteiger partial charge >= 0.3 is 0 Å². The first-order valence-electron chi connectivity index (χ1n) is 4.40. The van der Waals surface area contributed by atoms with E-state index in [0.717, 1.165) is 6.42 Å².